The largest absolute Gasteiger partial charge is 0.366 e. The van der Waals surface area contributed by atoms with E-state index in [1.165, 1.54) is 4.90 Å². The minimum atomic E-state index is -0.551. The molecule has 0 spiro atoms. The molecule has 0 bridgehead atoms. The molecule has 2 aromatic carbocycles. The van der Waals surface area contributed by atoms with Crippen molar-refractivity contribution in [2.75, 3.05) is 11.4 Å². The van der Waals surface area contributed by atoms with Crippen molar-refractivity contribution in [2.24, 2.45) is 5.73 Å². The maximum atomic E-state index is 12.5. The van der Waals surface area contributed by atoms with Gasteiger partial charge in [0.2, 0.25) is 5.91 Å². The highest BCUT2D eigenvalue weighted by Crippen LogP contribution is 2.18. The maximum absolute atomic E-state index is 12.5. The normalized spacial score (nSPS) is 9.67. The van der Waals surface area contributed by atoms with Crippen LogP contribution in [0.25, 0.3) is 0 Å². The lowest BCUT2D eigenvalue weighted by molar-refractivity contribution is 0.0983. The minimum Gasteiger partial charge on any atom is -0.366 e. The summed E-state index contributed by atoms with van der Waals surface area (Å²) in [7, 11) is 0. The van der Waals surface area contributed by atoms with E-state index < -0.39 is 5.91 Å². The molecular weight excluding hydrogens is 264 g/mol. The lowest BCUT2D eigenvalue weighted by Gasteiger charge is -2.21. The quantitative estimate of drug-likeness (QED) is 0.870. The summed E-state index contributed by atoms with van der Waals surface area (Å²) in [4.78, 5) is 25.2. The second kappa shape index (κ2) is 6.40. The van der Waals surface area contributed by atoms with Crippen LogP contribution < -0.4 is 10.6 Å². The number of terminal acetylenes is 1. The average molecular weight is 278 g/mol. The molecule has 0 saturated carbocycles. The van der Waals surface area contributed by atoms with E-state index in [9.17, 15) is 9.59 Å². The van der Waals surface area contributed by atoms with Gasteiger partial charge in [0.1, 0.15) is 0 Å². The summed E-state index contributed by atoms with van der Waals surface area (Å²) < 4.78 is 0. The van der Waals surface area contributed by atoms with Gasteiger partial charge in [-0.1, -0.05) is 30.2 Å². The van der Waals surface area contributed by atoms with Crippen molar-refractivity contribution in [1.82, 2.24) is 0 Å². The molecule has 0 aliphatic heterocycles. The molecule has 104 valence electrons. The van der Waals surface area contributed by atoms with Crippen molar-refractivity contribution in [3.63, 3.8) is 0 Å². The lowest BCUT2D eigenvalue weighted by Crippen LogP contribution is -2.31. The summed E-state index contributed by atoms with van der Waals surface area (Å²) in [6.07, 6.45) is 5.34. The zero-order valence-electron chi connectivity index (χ0n) is 11.3. The van der Waals surface area contributed by atoms with Gasteiger partial charge in [-0.15, -0.1) is 6.42 Å². The Kier molecular flexibility index (Phi) is 4.37. The highest BCUT2D eigenvalue weighted by atomic mass is 16.2. The Balaban J connectivity index is 2.40. The number of carbonyl (C=O) groups excluding carboxylic acids is 2. The minimum absolute atomic E-state index is 0.107. The summed E-state index contributed by atoms with van der Waals surface area (Å²) in [6, 6.07) is 15.3. The van der Waals surface area contributed by atoms with E-state index in [0.717, 1.165) is 0 Å². The summed E-state index contributed by atoms with van der Waals surface area (Å²) in [5.41, 5.74) is 6.66. The molecule has 2 N–H and O–H groups in total. The molecule has 4 nitrogen and oxygen atoms in total. The van der Waals surface area contributed by atoms with Crippen molar-refractivity contribution in [3.05, 3.63) is 65.7 Å². The molecular formula is C17H14N2O2. The van der Waals surface area contributed by atoms with Crippen molar-refractivity contribution in [3.8, 4) is 12.3 Å². The number of hydrogen-bond acceptors (Lipinski definition) is 2. The summed E-state index contributed by atoms with van der Waals surface area (Å²) in [6.45, 7) is 0.107. The van der Waals surface area contributed by atoms with Crippen LogP contribution in [0.5, 0.6) is 0 Å². The van der Waals surface area contributed by atoms with Crippen molar-refractivity contribution >= 4 is 17.5 Å². The van der Waals surface area contributed by atoms with Gasteiger partial charge in [0.25, 0.3) is 5.91 Å². The Bertz CT molecular complexity index is 702. The van der Waals surface area contributed by atoms with E-state index in [1.54, 1.807) is 48.5 Å². The molecule has 0 atom stereocenters. The van der Waals surface area contributed by atoms with Crippen LogP contribution in [-0.2, 0) is 0 Å². The summed E-state index contributed by atoms with van der Waals surface area (Å²) in [5, 5.41) is 0. The van der Waals surface area contributed by atoms with Crippen molar-refractivity contribution < 1.29 is 9.59 Å². The van der Waals surface area contributed by atoms with Gasteiger partial charge in [0.05, 0.1) is 6.54 Å². The standard InChI is InChI=1S/C17H14N2O2/c1-2-11-19(17(21)13-7-4-3-5-8-13)15-10-6-9-14(12-15)16(18)20/h1,3-10,12H,11H2,(H2,18,20). The van der Waals surface area contributed by atoms with Crippen LogP contribution in [0.4, 0.5) is 5.69 Å². The molecule has 2 aromatic rings. The maximum Gasteiger partial charge on any atom is 0.259 e. The van der Waals surface area contributed by atoms with Gasteiger partial charge in [0.15, 0.2) is 0 Å². The average Bonchev–Trinajstić information content (AvgIpc) is 2.53. The number of benzene rings is 2. The predicted octanol–water partition coefficient (Wildman–Crippen LogP) is 2.07. The molecule has 0 aliphatic carbocycles. The van der Waals surface area contributed by atoms with Gasteiger partial charge in [0, 0.05) is 16.8 Å². The van der Waals surface area contributed by atoms with E-state index >= 15 is 0 Å². The van der Waals surface area contributed by atoms with Crippen LogP contribution in [0.1, 0.15) is 20.7 Å². The third-order valence-electron chi connectivity index (χ3n) is 2.96. The number of anilines is 1. The Labute approximate surface area is 123 Å². The number of rotatable bonds is 4. The second-order valence-electron chi connectivity index (χ2n) is 4.38. The van der Waals surface area contributed by atoms with E-state index in [2.05, 4.69) is 5.92 Å². The number of hydrogen-bond donors (Lipinski definition) is 1. The molecule has 0 heterocycles. The smallest absolute Gasteiger partial charge is 0.259 e. The third kappa shape index (κ3) is 3.28. The first-order chi connectivity index (χ1) is 10.1. The summed E-state index contributed by atoms with van der Waals surface area (Å²) >= 11 is 0. The molecule has 0 radical (unpaired) electrons. The molecule has 0 fully saturated rings. The number of carbonyl (C=O) groups is 2. The monoisotopic (exact) mass is 278 g/mol. The zero-order chi connectivity index (χ0) is 15.2. The second-order valence-corrected chi connectivity index (χ2v) is 4.38. The lowest BCUT2D eigenvalue weighted by atomic mass is 10.1. The third-order valence-corrected chi connectivity index (χ3v) is 2.96. The Morgan fingerprint density at radius 3 is 2.33 bits per heavy atom. The van der Waals surface area contributed by atoms with Gasteiger partial charge in [-0.25, -0.2) is 0 Å². The highest BCUT2D eigenvalue weighted by molar-refractivity contribution is 6.07. The van der Waals surface area contributed by atoms with Gasteiger partial charge in [-0.05, 0) is 30.3 Å². The molecule has 0 unspecified atom stereocenters. The Morgan fingerprint density at radius 2 is 1.71 bits per heavy atom. The van der Waals surface area contributed by atoms with Crippen LogP contribution in [0.2, 0.25) is 0 Å². The first-order valence-electron chi connectivity index (χ1n) is 6.33. The molecule has 21 heavy (non-hydrogen) atoms. The first kappa shape index (κ1) is 14.4. The van der Waals surface area contributed by atoms with Crippen molar-refractivity contribution in [1.29, 1.82) is 0 Å². The molecule has 0 aliphatic rings. The zero-order valence-corrected chi connectivity index (χ0v) is 11.3. The highest BCUT2D eigenvalue weighted by Gasteiger charge is 2.17. The number of nitrogens with zero attached hydrogens (tertiary/aromatic N) is 1. The molecule has 0 aromatic heterocycles. The van der Waals surface area contributed by atoms with Gasteiger partial charge in [-0.2, -0.15) is 0 Å². The van der Waals surface area contributed by atoms with E-state index in [4.69, 9.17) is 12.2 Å². The predicted molar refractivity (Wildman–Crippen MR) is 81.9 cm³/mol. The summed E-state index contributed by atoms with van der Waals surface area (Å²) in [5.74, 6) is 1.68. The van der Waals surface area contributed by atoms with Crippen LogP contribution in [-0.4, -0.2) is 18.4 Å². The molecule has 2 rings (SSSR count). The van der Waals surface area contributed by atoms with E-state index in [-0.39, 0.29) is 12.5 Å². The number of primary amides is 1. The van der Waals surface area contributed by atoms with Gasteiger partial charge < -0.3 is 5.73 Å². The fraction of sp³-hybridized carbons (Fsp3) is 0.0588. The number of amides is 2. The fourth-order valence-electron chi connectivity index (χ4n) is 1.94. The van der Waals surface area contributed by atoms with Crippen LogP contribution in [0.3, 0.4) is 0 Å². The van der Waals surface area contributed by atoms with Gasteiger partial charge >= 0.3 is 0 Å². The fourth-order valence-corrected chi connectivity index (χ4v) is 1.94. The Morgan fingerprint density at radius 1 is 1.05 bits per heavy atom. The molecule has 2 amide bonds. The van der Waals surface area contributed by atoms with Crippen LogP contribution in [0, 0.1) is 12.3 Å². The molecule has 0 saturated heterocycles. The Hall–Kier alpha value is -3.06. The van der Waals surface area contributed by atoms with Crippen LogP contribution >= 0.6 is 0 Å². The van der Waals surface area contributed by atoms with Gasteiger partial charge in [-0.3, -0.25) is 14.5 Å². The SMILES string of the molecule is C#CCN(C(=O)c1ccccc1)c1cccc(C(N)=O)c1. The molecule has 4 heteroatoms. The van der Waals surface area contributed by atoms with E-state index in [1.807, 2.05) is 6.07 Å². The first-order valence-corrected chi connectivity index (χ1v) is 6.33. The van der Waals surface area contributed by atoms with Crippen LogP contribution in [0.15, 0.2) is 54.6 Å². The van der Waals surface area contributed by atoms with E-state index in [0.29, 0.717) is 16.8 Å². The number of nitrogens with two attached hydrogens (primary N) is 1. The van der Waals surface area contributed by atoms with Crippen molar-refractivity contribution in [2.45, 2.75) is 0 Å². The topological polar surface area (TPSA) is 63.4 Å².